The topological polar surface area (TPSA) is 80.9 Å². The average molecular weight is 435 g/mol. The molecule has 0 fully saturated rings. The second-order valence-corrected chi connectivity index (χ2v) is 8.00. The molecule has 0 aliphatic carbocycles. The van der Waals surface area contributed by atoms with Gasteiger partial charge in [-0.1, -0.05) is 17.7 Å². The molecule has 1 N–H and O–H groups in total. The van der Waals surface area contributed by atoms with Crippen LogP contribution >= 0.6 is 23.3 Å². The number of carbonyl (C=O) groups excluding carboxylic acids is 1. The third-order valence-corrected chi connectivity index (χ3v) is 5.68. The molecule has 2 heterocycles. The van der Waals surface area contributed by atoms with Crippen molar-refractivity contribution < 1.29 is 9.21 Å². The van der Waals surface area contributed by atoms with Gasteiger partial charge < -0.3 is 9.73 Å². The SMILES string of the molecule is Cc1cc(C)c2oc(-c3cc(NC(=O)c4ccc5nsnc5c4)ccc3Cl)nc2c1. The highest BCUT2D eigenvalue weighted by molar-refractivity contribution is 7.00. The first-order valence-electron chi connectivity index (χ1n) is 9.19. The lowest BCUT2D eigenvalue weighted by molar-refractivity contribution is 0.102. The Morgan fingerprint density at radius 2 is 1.83 bits per heavy atom. The van der Waals surface area contributed by atoms with Gasteiger partial charge in [-0.25, -0.2) is 4.98 Å². The van der Waals surface area contributed by atoms with Crippen LogP contribution in [0.3, 0.4) is 0 Å². The van der Waals surface area contributed by atoms with Crippen LogP contribution in [0.1, 0.15) is 21.5 Å². The molecule has 0 aliphatic heterocycles. The van der Waals surface area contributed by atoms with Gasteiger partial charge in [0.05, 0.1) is 22.3 Å². The maximum Gasteiger partial charge on any atom is 0.255 e. The Morgan fingerprint density at radius 3 is 2.70 bits per heavy atom. The number of halogens is 1. The minimum absolute atomic E-state index is 0.248. The highest BCUT2D eigenvalue weighted by atomic mass is 35.5. The second-order valence-electron chi connectivity index (χ2n) is 7.07. The predicted octanol–water partition coefficient (Wildman–Crippen LogP) is 6.02. The number of oxazole rings is 1. The van der Waals surface area contributed by atoms with E-state index in [9.17, 15) is 4.79 Å². The Kier molecular flexibility index (Phi) is 4.49. The van der Waals surface area contributed by atoms with Gasteiger partial charge in [-0.15, -0.1) is 0 Å². The Bertz CT molecular complexity index is 1440. The molecule has 5 aromatic rings. The van der Waals surface area contributed by atoms with Gasteiger partial charge in [0.1, 0.15) is 16.6 Å². The van der Waals surface area contributed by atoms with Crippen molar-refractivity contribution in [1.29, 1.82) is 0 Å². The number of amides is 1. The standard InChI is InChI=1S/C22H15ClN4O2S/c1-11-7-12(2)20-19(8-11)25-22(29-20)15-10-14(4-5-16(15)23)24-21(28)13-3-6-17-18(9-13)27-30-26-17/h3-10H,1-2H3,(H,24,28). The van der Waals surface area contributed by atoms with E-state index < -0.39 is 0 Å². The third kappa shape index (κ3) is 3.32. The first-order valence-corrected chi connectivity index (χ1v) is 10.3. The van der Waals surface area contributed by atoms with Crippen molar-refractivity contribution in [3.63, 3.8) is 0 Å². The molecule has 0 saturated carbocycles. The lowest BCUT2D eigenvalue weighted by atomic mass is 10.1. The van der Waals surface area contributed by atoms with Crippen molar-refractivity contribution in [2.75, 3.05) is 5.32 Å². The predicted molar refractivity (Wildman–Crippen MR) is 119 cm³/mol. The quantitative estimate of drug-likeness (QED) is 0.375. The Hall–Kier alpha value is -3.29. The summed E-state index contributed by atoms with van der Waals surface area (Å²) >= 11 is 7.53. The van der Waals surface area contributed by atoms with E-state index in [-0.39, 0.29) is 5.91 Å². The number of hydrogen-bond acceptors (Lipinski definition) is 6. The van der Waals surface area contributed by atoms with Crippen molar-refractivity contribution in [1.82, 2.24) is 13.7 Å². The van der Waals surface area contributed by atoms with Crippen LogP contribution in [0.15, 0.2) is 52.9 Å². The van der Waals surface area contributed by atoms with Gasteiger partial charge in [0, 0.05) is 11.3 Å². The van der Waals surface area contributed by atoms with Gasteiger partial charge in [-0.3, -0.25) is 4.79 Å². The van der Waals surface area contributed by atoms with Crippen LogP contribution in [0.25, 0.3) is 33.6 Å². The third-order valence-electron chi connectivity index (χ3n) is 4.79. The highest BCUT2D eigenvalue weighted by Crippen LogP contribution is 2.33. The fourth-order valence-electron chi connectivity index (χ4n) is 3.39. The molecule has 2 aromatic heterocycles. The fraction of sp³-hybridized carbons (Fsp3) is 0.0909. The van der Waals surface area contributed by atoms with Crippen molar-refractivity contribution in [3.05, 3.63) is 70.2 Å². The smallest absolute Gasteiger partial charge is 0.255 e. The summed E-state index contributed by atoms with van der Waals surface area (Å²) < 4.78 is 14.3. The van der Waals surface area contributed by atoms with Crippen molar-refractivity contribution in [3.8, 4) is 11.5 Å². The number of rotatable bonds is 3. The molecule has 0 aliphatic rings. The van der Waals surface area contributed by atoms with E-state index in [0.29, 0.717) is 33.2 Å². The number of nitrogens with one attached hydrogen (secondary N) is 1. The summed E-state index contributed by atoms with van der Waals surface area (Å²) in [4.78, 5) is 17.3. The molecule has 3 aromatic carbocycles. The zero-order chi connectivity index (χ0) is 20.8. The summed E-state index contributed by atoms with van der Waals surface area (Å²) in [6.45, 7) is 4.00. The lowest BCUT2D eigenvalue weighted by Gasteiger charge is -2.08. The van der Waals surface area contributed by atoms with Gasteiger partial charge in [0.15, 0.2) is 5.58 Å². The van der Waals surface area contributed by atoms with Crippen molar-refractivity contribution in [2.24, 2.45) is 0 Å². The van der Waals surface area contributed by atoms with Crippen molar-refractivity contribution >= 4 is 57.1 Å². The Balaban J connectivity index is 1.48. The van der Waals surface area contributed by atoms with Gasteiger partial charge >= 0.3 is 0 Å². The number of aryl methyl sites for hydroxylation is 2. The minimum atomic E-state index is -0.248. The molecule has 0 saturated heterocycles. The van der Waals surface area contributed by atoms with Crippen LogP contribution in [0.2, 0.25) is 5.02 Å². The summed E-state index contributed by atoms with van der Waals surface area (Å²) in [6, 6.07) is 14.5. The van der Waals surface area contributed by atoms with Gasteiger partial charge in [-0.2, -0.15) is 8.75 Å². The number of benzene rings is 3. The maximum absolute atomic E-state index is 12.7. The number of carbonyl (C=O) groups is 1. The molecule has 0 unspecified atom stereocenters. The molecule has 0 bridgehead atoms. The molecule has 0 spiro atoms. The molecule has 1 amide bonds. The van der Waals surface area contributed by atoms with E-state index in [0.717, 1.165) is 39.5 Å². The Morgan fingerprint density at radius 1 is 1.00 bits per heavy atom. The summed E-state index contributed by atoms with van der Waals surface area (Å²) in [7, 11) is 0. The summed E-state index contributed by atoms with van der Waals surface area (Å²) in [6.07, 6.45) is 0. The van der Waals surface area contributed by atoms with Crippen LogP contribution in [0, 0.1) is 13.8 Å². The van der Waals surface area contributed by atoms with Crippen LogP contribution in [0.5, 0.6) is 0 Å². The normalized spacial score (nSPS) is 11.3. The molecule has 0 atom stereocenters. The molecule has 148 valence electrons. The molecular formula is C22H15ClN4O2S. The zero-order valence-electron chi connectivity index (χ0n) is 16.1. The highest BCUT2D eigenvalue weighted by Gasteiger charge is 2.16. The first-order chi connectivity index (χ1) is 14.5. The van der Waals surface area contributed by atoms with Crippen molar-refractivity contribution in [2.45, 2.75) is 13.8 Å². The molecule has 6 nitrogen and oxygen atoms in total. The molecule has 8 heteroatoms. The van der Waals surface area contributed by atoms with Crippen LogP contribution < -0.4 is 5.32 Å². The summed E-state index contributed by atoms with van der Waals surface area (Å²) in [5, 5.41) is 3.38. The van der Waals surface area contributed by atoms with Gasteiger partial charge in [-0.05, 0) is 67.4 Å². The minimum Gasteiger partial charge on any atom is -0.436 e. The number of fused-ring (bicyclic) bond motifs is 2. The number of aromatic nitrogens is 3. The largest absolute Gasteiger partial charge is 0.436 e. The molecule has 0 radical (unpaired) electrons. The van der Waals surface area contributed by atoms with E-state index >= 15 is 0 Å². The average Bonchev–Trinajstić information content (AvgIpc) is 3.35. The van der Waals surface area contributed by atoms with E-state index in [1.165, 1.54) is 0 Å². The van der Waals surface area contributed by atoms with Crippen LogP contribution in [0.4, 0.5) is 5.69 Å². The van der Waals surface area contributed by atoms with E-state index in [4.69, 9.17) is 16.0 Å². The van der Waals surface area contributed by atoms with E-state index in [1.807, 2.05) is 26.0 Å². The maximum atomic E-state index is 12.7. The number of nitrogens with zero attached hydrogens (tertiary/aromatic N) is 3. The second kappa shape index (κ2) is 7.19. The van der Waals surface area contributed by atoms with E-state index in [2.05, 4.69) is 19.0 Å². The molecule has 30 heavy (non-hydrogen) atoms. The monoisotopic (exact) mass is 434 g/mol. The van der Waals surface area contributed by atoms with Crippen LogP contribution in [-0.4, -0.2) is 19.6 Å². The van der Waals surface area contributed by atoms with E-state index in [1.54, 1.807) is 36.4 Å². The number of hydrogen-bond donors (Lipinski definition) is 1. The fourth-order valence-corrected chi connectivity index (χ4v) is 4.10. The van der Waals surface area contributed by atoms with Gasteiger partial charge in [0.2, 0.25) is 5.89 Å². The molecule has 5 rings (SSSR count). The first kappa shape index (κ1) is 18.7. The van der Waals surface area contributed by atoms with Crippen LogP contribution in [-0.2, 0) is 0 Å². The zero-order valence-corrected chi connectivity index (χ0v) is 17.6. The Labute approximate surface area is 180 Å². The lowest BCUT2D eigenvalue weighted by Crippen LogP contribution is -2.11. The summed E-state index contributed by atoms with van der Waals surface area (Å²) in [5.41, 5.74) is 6.79. The van der Waals surface area contributed by atoms with Gasteiger partial charge in [0.25, 0.3) is 5.91 Å². The molecular weight excluding hydrogens is 420 g/mol. The summed E-state index contributed by atoms with van der Waals surface area (Å²) in [5.74, 6) is 0.164. The number of anilines is 1.